The summed E-state index contributed by atoms with van der Waals surface area (Å²) in [5.41, 5.74) is 2.68. The predicted molar refractivity (Wildman–Crippen MR) is 132 cm³/mol. The van der Waals surface area contributed by atoms with E-state index in [0.717, 1.165) is 11.3 Å². The van der Waals surface area contributed by atoms with Gasteiger partial charge in [-0.15, -0.1) is 0 Å². The van der Waals surface area contributed by atoms with Crippen LogP contribution < -0.4 is 5.32 Å². The van der Waals surface area contributed by atoms with Crippen LogP contribution in [-0.4, -0.2) is 69.5 Å². The van der Waals surface area contributed by atoms with Gasteiger partial charge in [-0.1, -0.05) is 18.2 Å². The third-order valence-electron chi connectivity index (χ3n) is 6.86. The van der Waals surface area contributed by atoms with E-state index in [9.17, 15) is 19.2 Å². The van der Waals surface area contributed by atoms with Crippen molar-refractivity contribution in [3.05, 3.63) is 47.3 Å². The van der Waals surface area contributed by atoms with Crippen LogP contribution in [0.1, 0.15) is 54.4 Å². The molecule has 192 valence electrons. The van der Waals surface area contributed by atoms with Crippen LogP contribution in [0.25, 0.3) is 0 Å². The van der Waals surface area contributed by atoms with E-state index in [-0.39, 0.29) is 42.5 Å². The number of fused-ring (bicyclic) bond motifs is 1. The smallest absolute Gasteiger partial charge is 0.309 e. The molecule has 2 aliphatic rings. The van der Waals surface area contributed by atoms with Crippen LogP contribution in [0.15, 0.2) is 30.3 Å². The summed E-state index contributed by atoms with van der Waals surface area (Å²) in [5.74, 6) is -0.863. The number of carbonyl (C=O) groups excluding carboxylic acids is 4. The van der Waals surface area contributed by atoms with Gasteiger partial charge in [0.15, 0.2) is 5.69 Å². The average Bonchev–Trinajstić information content (AvgIpc) is 3.23. The fourth-order valence-corrected chi connectivity index (χ4v) is 4.85. The van der Waals surface area contributed by atoms with E-state index < -0.39 is 0 Å². The van der Waals surface area contributed by atoms with Gasteiger partial charge >= 0.3 is 5.97 Å². The molecule has 1 fully saturated rings. The first-order valence-electron chi connectivity index (χ1n) is 12.5. The highest BCUT2D eigenvalue weighted by Crippen LogP contribution is 2.24. The van der Waals surface area contributed by atoms with Gasteiger partial charge in [-0.2, -0.15) is 5.10 Å². The van der Waals surface area contributed by atoms with Crippen molar-refractivity contribution in [2.24, 2.45) is 13.0 Å². The lowest BCUT2D eigenvalue weighted by Gasteiger charge is -2.31. The number of likely N-dealkylation sites (tertiary alicyclic amines) is 1. The maximum Gasteiger partial charge on any atom is 0.309 e. The number of benzene rings is 1. The highest BCUT2D eigenvalue weighted by atomic mass is 16.5. The summed E-state index contributed by atoms with van der Waals surface area (Å²) in [5, 5.41) is 7.28. The Hall–Kier alpha value is -3.69. The molecule has 0 aliphatic carbocycles. The second-order valence-electron chi connectivity index (χ2n) is 9.19. The molecule has 2 aliphatic heterocycles. The van der Waals surface area contributed by atoms with Crippen molar-refractivity contribution in [1.29, 1.82) is 0 Å². The molecule has 10 nitrogen and oxygen atoms in total. The zero-order chi connectivity index (χ0) is 25.7. The minimum Gasteiger partial charge on any atom is -0.466 e. The first-order valence-corrected chi connectivity index (χ1v) is 12.5. The molecule has 10 heteroatoms. The molecule has 0 atom stereocenters. The number of piperidine rings is 1. The van der Waals surface area contributed by atoms with E-state index in [1.165, 1.54) is 0 Å². The molecular formula is C26H33N5O5. The summed E-state index contributed by atoms with van der Waals surface area (Å²) < 4.78 is 6.79. The summed E-state index contributed by atoms with van der Waals surface area (Å²) in [6.07, 6.45) is 2.00. The highest BCUT2D eigenvalue weighted by Gasteiger charge is 2.31. The predicted octanol–water partition coefficient (Wildman–Crippen LogP) is 2.14. The fraction of sp³-hybridized carbons (Fsp3) is 0.500. The molecule has 0 radical (unpaired) electrons. The average molecular weight is 496 g/mol. The Morgan fingerprint density at radius 2 is 1.67 bits per heavy atom. The topological polar surface area (TPSA) is 114 Å². The van der Waals surface area contributed by atoms with Gasteiger partial charge in [0.1, 0.15) is 0 Å². The summed E-state index contributed by atoms with van der Waals surface area (Å²) >= 11 is 0. The molecule has 0 saturated carbocycles. The lowest BCUT2D eigenvalue weighted by Crippen LogP contribution is -2.41. The van der Waals surface area contributed by atoms with Gasteiger partial charge < -0.3 is 19.9 Å². The third kappa shape index (κ3) is 5.75. The molecule has 3 heterocycles. The maximum atomic E-state index is 13.0. The molecule has 0 unspecified atom stereocenters. The zero-order valence-corrected chi connectivity index (χ0v) is 20.9. The van der Waals surface area contributed by atoms with E-state index in [0.29, 0.717) is 63.4 Å². The molecule has 1 aromatic carbocycles. The largest absolute Gasteiger partial charge is 0.466 e. The van der Waals surface area contributed by atoms with Crippen LogP contribution in [0.3, 0.4) is 0 Å². The van der Waals surface area contributed by atoms with Gasteiger partial charge in [-0.25, -0.2) is 0 Å². The summed E-state index contributed by atoms with van der Waals surface area (Å²) in [6.45, 7) is 3.95. The number of hydrogen-bond acceptors (Lipinski definition) is 6. The number of carbonyl (C=O) groups is 4. The number of rotatable bonds is 7. The van der Waals surface area contributed by atoms with Crippen LogP contribution >= 0.6 is 0 Å². The van der Waals surface area contributed by atoms with Gasteiger partial charge in [-0.3, -0.25) is 23.9 Å². The molecule has 2 aromatic rings. The fourth-order valence-electron chi connectivity index (χ4n) is 4.85. The number of aryl methyl sites for hydroxylation is 1. The monoisotopic (exact) mass is 495 g/mol. The minimum atomic E-state index is -0.311. The van der Waals surface area contributed by atoms with Crippen LogP contribution in [0.4, 0.5) is 5.69 Å². The molecule has 1 aromatic heterocycles. The summed E-state index contributed by atoms with van der Waals surface area (Å²) in [7, 11) is 1.80. The van der Waals surface area contributed by atoms with Crippen molar-refractivity contribution >= 4 is 29.4 Å². The van der Waals surface area contributed by atoms with Crippen LogP contribution in [0, 0.1) is 5.92 Å². The van der Waals surface area contributed by atoms with E-state index in [1.54, 1.807) is 40.6 Å². The Labute approximate surface area is 210 Å². The lowest BCUT2D eigenvalue weighted by atomic mass is 9.96. The maximum absolute atomic E-state index is 13.0. The molecule has 0 spiro atoms. The molecule has 0 bridgehead atoms. The Balaban J connectivity index is 1.31. The van der Waals surface area contributed by atoms with Crippen LogP contribution in [-0.2, 0) is 39.1 Å². The van der Waals surface area contributed by atoms with Crippen molar-refractivity contribution in [3.63, 3.8) is 0 Å². The molecule has 1 saturated heterocycles. The minimum absolute atomic E-state index is 0.0762. The van der Waals surface area contributed by atoms with Crippen molar-refractivity contribution < 1.29 is 23.9 Å². The van der Waals surface area contributed by atoms with E-state index in [4.69, 9.17) is 4.74 Å². The standard InChI is InChI=1S/C26H33N5O5/c1-3-36-26(35)18-11-14-30(15-12-18)22(32)9-10-23(33)31-16-13-21-20(17-31)24(28-29(21)2)25(34)27-19-7-5-4-6-8-19/h4-8,18H,3,9-17H2,1-2H3,(H,27,34). The number of ether oxygens (including phenoxy) is 1. The first-order chi connectivity index (χ1) is 17.4. The van der Waals surface area contributed by atoms with Gasteiger partial charge in [0.05, 0.1) is 12.5 Å². The second kappa shape index (κ2) is 11.4. The molecule has 4 rings (SSSR count). The van der Waals surface area contributed by atoms with E-state index >= 15 is 0 Å². The quantitative estimate of drug-likeness (QED) is 0.589. The zero-order valence-electron chi connectivity index (χ0n) is 20.9. The number of hydrogen-bond donors (Lipinski definition) is 1. The Morgan fingerprint density at radius 3 is 2.33 bits per heavy atom. The highest BCUT2D eigenvalue weighted by molar-refractivity contribution is 6.04. The SMILES string of the molecule is CCOC(=O)C1CCN(C(=O)CCC(=O)N2CCc3c(c(C(=O)Nc4ccccc4)nn3C)C2)CC1. The first kappa shape index (κ1) is 25.4. The molecule has 3 amide bonds. The Bertz CT molecular complexity index is 1120. The number of aromatic nitrogens is 2. The lowest BCUT2D eigenvalue weighted by molar-refractivity contribution is -0.151. The Kier molecular flexibility index (Phi) is 8.02. The molecule has 1 N–H and O–H groups in total. The number of nitrogens with zero attached hydrogens (tertiary/aromatic N) is 4. The van der Waals surface area contributed by atoms with Crippen molar-refractivity contribution in [2.75, 3.05) is 31.6 Å². The molecular weight excluding hydrogens is 462 g/mol. The second-order valence-corrected chi connectivity index (χ2v) is 9.19. The normalized spacial score (nSPS) is 15.8. The summed E-state index contributed by atoms with van der Waals surface area (Å²) in [6, 6.07) is 9.17. The summed E-state index contributed by atoms with van der Waals surface area (Å²) in [4.78, 5) is 53.9. The number of esters is 1. The number of para-hydroxylation sites is 1. The van der Waals surface area contributed by atoms with Crippen LogP contribution in [0.5, 0.6) is 0 Å². The van der Waals surface area contributed by atoms with Crippen LogP contribution in [0.2, 0.25) is 0 Å². The van der Waals surface area contributed by atoms with Gasteiger partial charge in [0.2, 0.25) is 11.8 Å². The number of amides is 3. The van der Waals surface area contributed by atoms with Gasteiger partial charge in [0.25, 0.3) is 5.91 Å². The Morgan fingerprint density at radius 1 is 1.00 bits per heavy atom. The van der Waals surface area contributed by atoms with E-state index in [2.05, 4.69) is 10.4 Å². The van der Waals surface area contributed by atoms with Gasteiger partial charge in [0, 0.05) is 69.4 Å². The third-order valence-corrected chi connectivity index (χ3v) is 6.86. The number of nitrogens with one attached hydrogen (secondary N) is 1. The van der Waals surface area contributed by atoms with E-state index in [1.807, 2.05) is 18.2 Å². The van der Waals surface area contributed by atoms with Crippen molar-refractivity contribution in [2.45, 2.75) is 45.6 Å². The number of anilines is 1. The van der Waals surface area contributed by atoms with Gasteiger partial charge in [-0.05, 0) is 31.9 Å². The van der Waals surface area contributed by atoms with Crippen molar-refractivity contribution in [3.8, 4) is 0 Å². The van der Waals surface area contributed by atoms with Crippen molar-refractivity contribution in [1.82, 2.24) is 19.6 Å². The molecule has 36 heavy (non-hydrogen) atoms.